The van der Waals surface area contributed by atoms with E-state index in [2.05, 4.69) is 10.1 Å². The molecule has 1 aliphatic rings. The van der Waals surface area contributed by atoms with E-state index in [-0.39, 0.29) is 36.2 Å². The van der Waals surface area contributed by atoms with Gasteiger partial charge < -0.3 is 9.63 Å². The molecule has 1 aliphatic heterocycles. The number of aliphatic carboxylic acids is 1. The van der Waals surface area contributed by atoms with Gasteiger partial charge in [0.05, 0.1) is 17.9 Å². The summed E-state index contributed by atoms with van der Waals surface area (Å²) in [5.74, 6) is -0.284. The van der Waals surface area contributed by atoms with Crippen LogP contribution in [0.2, 0.25) is 0 Å². The van der Waals surface area contributed by atoms with Crippen LogP contribution in [-0.4, -0.2) is 41.1 Å². The number of nitrogens with zero attached hydrogens (tertiary/aromatic N) is 2. The van der Waals surface area contributed by atoms with Crippen LogP contribution in [-0.2, 0) is 21.1 Å². The second-order valence-electron chi connectivity index (χ2n) is 4.39. The van der Waals surface area contributed by atoms with Crippen molar-refractivity contribution in [2.24, 2.45) is 0 Å². The summed E-state index contributed by atoms with van der Waals surface area (Å²) in [5, 5.41) is 12.3. The largest absolute Gasteiger partial charge is 0.481 e. The summed E-state index contributed by atoms with van der Waals surface area (Å²) in [6.45, 7) is 0. The number of carboxylic acids is 1. The minimum absolute atomic E-state index is 0.0465. The Bertz CT molecular complexity index is 536. The molecule has 0 bridgehead atoms. The van der Waals surface area contributed by atoms with Crippen LogP contribution in [0.1, 0.15) is 36.9 Å². The fourth-order valence-corrected chi connectivity index (χ4v) is 3.68. The zero-order valence-corrected chi connectivity index (χ0v) is 10.5. The third-order valence-electron chi connectivity index (χ3n) is 2.86. The molecule has 2 heterocycles. The fraction of sp³-hybridized carbons (Fsp3) is 0.700. The number of aryl methyl sites for hydroxylation is 1. The lowest BCUT2D eigenvalue weighted by Gasteiger charge is -2.18. The maximum absolute atomic E-state index is 11.5. The summed E-state index contributed by atoms with van der Waals surface area (Å²) in [7, 11) is -3.01. The van der Waals surface area contributed by atoms with Crippen molar-refractivity contribution in [3.05, 3.63) is 11.7 Å². The van der Waals surface area contributed by atoms with E-state index in [1.165, 1.54) is 0 Å². The van der Waals surface area contributed by atoms with Gasteiger partial charge in [0, 0.05) is 12.3 Å². The fourth-order valence-electron chi connectivity index (χ4n) is 1.98. The van der Waals surface area contributed by atoms with E-state index >= 15 is 0 Å². The molecule has 7 nitrogen and oxygen atoms in total. The molecule has 0 amide bonds. The summed E-state index contributed by atoms with van der Waals surface area (Å²) < 4.78 is 27.9. The second-order valence-corrected chi connectivity index (χ2v) is 6.62. The van der Waals surface area contributed by atoms with Gasteiger partial charge in [-0.05, 0) is 12.8 Å². The molecule has 1 aromatic rings. The molecule has 0 radical (unpaired) electrons. The van der Waals surface area contributed by atoms with Gasteiger partial charge in [0.25, 0.3) is 0 Å². The van der Waals surface area contributed by atoms with Crippen molar-refractivity contribution in [2.45, 2.75) is 31.6 Å². The Morgan fingerprint density at radius 3 is 2.94 bits per heavy atom. The van der Waals surface area contributed by atoms with Crippen LogP contribution in [0.25, 0.3) is 0 Å². The summed E-state index contributed by atoms with van der Waals surface area (Å²) in [6.07, 6.45) is 1.41. The van der Waals surface area contributed by atoms with E-state index in [0.717, 1.165) is 6.42 Å². The van der Waals surface area contributed by atoms with E-state index in [0.29, 0.717) is 12.2 Å². The van der Waals surface area contributed by atoms with E-state index in [4.69, 9.17) is 9.63 Å². The van der Waals surface area contributed by atoms with Gasteiger partial charge in [-0.15, -0.1) is 0 Å². The van der Waals surface area contributed by atoms with Crippen LogP contribution in [0, 0.1) is 0 Å². The Kier molecular flexibility index (Phi) is 3.65. The van der Waals surface area contributed by atoms with E-state index in [1.54, 1.807) is 0 Å². The summed E-state index contributed by atoms with van der Waals surface area (Å²) >= 11 is 0. The molecule has 1 aromatic heterocycles. The Balaban J connectivity index is 2.03. The number of hydrogen-bond donors (Lipinski definition) is 1. The first-order chi connectivity index (χ1) is 8.46. The van der Waals surface area contributed by atoms with E-state index in [9.17, 15) is 13.2 Å². The van der Waals surface area contributed by atoms with Crippen molar-refractivity contribution in [2.75, 3.05) is 11.5 Å². The molecular weight excluding hydrogens is 260 g/mol. The van der Waals surface area contributed by atoms with Crippen molar-refractivity contribution in [3.8, 4) is 0 Å². The normalized spacial score (nSPS) is 22.8. The molecule has 18 heavy (non-hydrogen) atoms. The van der Waals surface area contributed by atoms with Gasteiger partial charge in [0.15, 0.2) is 15.7 Å². The summed E-state index contributed by atoms with van der Waals surface area (Å²) in [6, 6.07) is 0. The topological polar surface area (TPSA) is 110 Å². The standard InChI is InChI=1S/C10H14N2O5S/c13-9(14)4-3-8-11-10(12-17-8)7-2-1-5-18(15,16)6-7/h7H,1-6H2,(H,13,14). The first kappa shape index (κ1) is 13.0. The molecule has 0 saturated carbocycles. The predicted octanol–water partition coefficient (Wildman–Crippen LogP) is 0.379. The van der Waals surface area contributed by atoms with Gasteiger partial charge in [-0.25, -0.2) is 8.42 Å². The molecule has 1 atom stereocenters. The van der Waals surface area contributed by atoms with Gasteiger partial charge in [-0.1, -0.05) is 5.16 Å². The van der Waals surface area contributed by atoms with E-state index < -0.39 is 15.8 Å². The molecular formula is C10H14N2O5S. The molecule has 8 heteroatoms. The molecule has 0 spiro atoms. The van der Waals surface area contributed by atoms with Crippen LogP contribution in [0.4, 0.5) is 0 Å². The minimum atomic E-state index is -3.01. The Morgan fingerprint density at radius 2 is 2.28 bits per heavy atom. The lowest BCUT2D eigenvalue weighted by molar-refractivity contribution is -0.137. The van der Waals surface area contributed by atoms with Gasteiger partial charge in [-0.3, -0.25) is 4.79 Å². The van der Waals surface area contributed by atoms with Crippen LogP contribution < -0.4 is 0 Å². The lowest BCUT2D eigenvalue weighted by atomic mass is 10.1. The van der Waals surface area contributed by atoms with Crippen LogP contribution in [0.3, 0.4) is 0 Å². The molecule has 2 rings (SSSR count). The first-order valence-corrected chi connectivity index (χ1v) is 7.53. The van der Waals surface area contributed by atoms with Crippen molar-refractivity contribution in [1.29, 1.82) is 0 Å². The van der Waals surface area contributed by atoms with Crippen molar-refractivity contribution in [3.63, 3.8) is 0 Å². The smallest absolute Gasteiger partial charge is 0.303 e. The maximum Gasteiger partial charge on any atom is 0.303 e. The highest BCUT2D eigenvalue weighted by Gasteiger charge is 2.29. The Labute approximate surface area is 104 Å². The molecule has 0 aliphatic carbocycles. The number of hydrogen-bond acceptors (Lipinski definition) is 6. The first-order valence-electron chi connectivity index (χ1n) is 5.71. The lowest BCUT2D eigenvalue weighted by Crippen LogP contribution is -2.24. The van der Waals surface area contributed by atoms with Crippen LogP contribution in [0.15, 0.2) is 4.52 Å². The van der Waals surface area contributed by atoms with Crippen molar-refractivity contribution < 1.29 is 22.8 Å². The number of carboxylic acid groups (broad SMARTS) is 1. The number of aromatic nitrogens is 2. The maximum atomic E-state index is 11.5. The zero-order chi connectivity index (χ0) is 13.2. The number of rotatable bonds is 4. The third kappa shape index (κ3) is 3.28. The highest BCUT2D eigenvalue weighted by molar-refractivity contribution is 7.91. The molecule has 1 saturated heterocycles. The second kappa shape index (κ2) is 5.05. The highest BCUT2D eigenvalue weighted by atomic mass is 32.2. The average Bonchev–Trinajstić information content (AvgIpc) is 2.73. The Morgan fingerprint density at radius 1 is 1.50 bits per heavy atom. The van der Waals surface area contributed by atoms with Gasteiger partial charge >= 0.3 is 5.97 Å². The zero-order valence-electron chi connectivity index (χ0n) is 9.70. The molecule has 0 aromatic carbocycles. The summed E-state index contributed by atoms with van der Waals surface area (Å²) in [4.78, 5) is 14.5. The molecule has 1 N–H and O–H groups in total. The average molecular weight is 274 g/mol. The number of carbonyl (C=O) groups is 1. The SMILES string of the molecule is O=C(O)CCc1nc(C2CCCS(=O)(=O)C2)no1. The third-order valence-corrected chi connectivity index (χ3v) is 4.69. The quantitative estimate of drug-likeness (QED) is 0.844. The highest BCUT2D eigenvalue weighted by Crippen LogP contribution is 2.26. The molecule has 1 unspecified atom stereocenters. The van der Waals surface area contributed by atoms with Crippen LogP contribution in [0.5, 0.6) is 0 Å². The van der Waals surface area contributed by atoms with Gasteiger partial charge in [-0.2, -0.15) is 4.98 Å². The molecule has 1 fully saturated rings. The minimum Gasteiger partial charge on any atom is -0.481 e. The van der Waals surface area contributed by atoms with Gasteiger partial charge in [0.2, 0.25) is 5.89 Å². The van der Waals surface area contributed by atoms with Crippen molar-refractivity contribution >= 4 is 15.8 Å². The predicted molar refractivity (Wildman–Crippen MR) is 60.9 cm³/mol. The van der Waals surface area contributed by atoms with Crippen molar-refractivity contribution in [1.82, 2.24) is 10.1 Å². The summed E-state index contributed by atoms with van der Waals surface area (Å²) in [5.41, 5.74) is 0. The Hall–Kier alpha value is -1.44. The van der Waals surface area contributed by atoms with Gasteiger partial charge in [0.1, 0.15) is 0 Å². The molecule has 100 valence electrons. The van der Waals surface area contributed by atoms with E-state index in [1.807, 2.05) is 0 Å². The monoisotopic (exact) mass is 274 g/mol. The van der Waals surface area contributed by atoms with Crippen LogP contribution >= 0.6 is 0 Å². The number of sulfone groups is 1.